The van der Waals surface area contributed by atoms with Gasteiger partial charge < -0.3 is 15.4 Å². The Morgan fingerprint density at radius 2 is 2.19 bits per heavy atom. The molecule has 0 bridgehead atoms. The average molecular weight is 460 g/mol. The van der Waals surface area contributed by atoms with E-state index >= 15 is 0 Å². The summed E-state index contributed by atoms with van der Waals surface area (Å²) in [6, 6.07) is 6.27. The minimum absolute atomic E-state index is 0.0130. The minimum atomic E-state index is -0.435. The SMILES string of the molecule is Cc1nc(NC(=O)CC2CCCCO2)sc1-c1csc(Nc2cccc([N+](=O)[O-])c2)n1. The van der Waals surface area contributed by atoms with Gasteiger partial charge in [-0.1, -0.05) is 17.4 Å². The van der Waals surface area contributed by atoms with E-state index < -0.39 is 4.92 Å². The predicted molar refractivity (Wildman–Crippen MR) is 121 cm³/mol. The first-order chi connectivity index (χ1) is 15.0. The second-order valence-corrected chi connectivity index (χ2v) is 9.00. The fraction of sp³-hybridized carbons (Fsp3) is 0.350. The molecule has 1 amide bonds. The maximum atomic E-state index is 12.3. The van der Waals surface area contributed by atoms with Crippen LogP contribution in [0.3, 0.4) is 0 Å². The molecule has 3 aromatic rings. The molecule has 2 N–H and O–H groups in total. The Kier molecular flexibility index (Phi) is 6.54. The summed E-state index contributed by atoms with van der Waals surface area (Å²) in [6.07, 6.45) is 3.38. The van der Waals surface area contributed by atoms with Gasteiger partial charge in [-0.15, -0.1) is 11.3 Å². The number of benzene rings is 1. The standard InChI is InChI=1S/C20H21N5O4S2/c1-12-18(31-20(21-12)24-17(26)10-15-7-2-3-8-29-15)16-11-30-19(23-16)22-13-5-4-6-14(9-13)25(27)28/h4-6,9,11,15H,2-3,7-8,10H2,1H3,(H,22,23)(H,21,24,26). The third-order valence-electron chi connectivity index (χ3n) is 4.78. The molecule has 0 saturated carbocycles. The van der Waals surface area contributed by atoms with Crippen LogP contribution in [0.4, 0.5) is 21.6 Å². The molecule has 11 heteroatoms. The van der Waals surface area contributed by atoms with E-state index in [0.717, 1.165) is 42.1 Å². The highest BCUT2D eigenvalue weighted by Gasteiger charge is 2.20. The van der Waals surface area contributed by atoms with E-state index in [2.05, 4.69) is 20.6 Å². The number of nitrogens with one attached hydrogen (secondary N) is 2. The highest BCUT2D eigenvalue weighted by Crippen LogP contribution is 2.35. The number of nitrogens with zero attached hydrogens (tertiary/aromatic N) is 3. The highest BCUT2D eigenvalue weighted by atomic mass is 32.1. The number of nitro benzene ring substituents is 1. The molecule has 31 heavy (non-hydrogen) atoms. The van der Waals surface area contributed by atoms with E-state index in [1.165, 1.54) is 34.8 Å². The summed E-state index contributed by atoms with van der Waals surface area (Å²) in [4.78, 5) is 32.7. The van der Waals surface area contributed by atoms with Gasteiger partial charge in [0.05, 0.1) is 33.7 Å². The minimum Gasteiger partial charge on any atom is -0.378 e. The van der Waals surface area contributed by atoms with Crippen LogP contribution < -0.4 is 10.6 Å². The van der Waals surface area contributed by atoms with Crippen molar-refractivity contribution in [2.24, 2.45) is 0 Å². The second kappa shape index (κ2) is 9.50. The number of hydrogen-bond donors (Lipinski definition) is 2. The molecule has 1 saturated heterocycles. The summed E-state index contributed by atoms with van der Waals surface area (Å²) in [6.45, 7) is 2.59. The molecule has 1 aliphatic rings. The summed E-state index contributed by atoms with van der Waals surface area (Å²) in [5.74, 6) is -0.0986. The van der Waals surface area contributed by atoms with Gasteiger partial charge in [0.1, 0.15) is 0 Å². The Balaban J connectivity index is 1.42. The van der Waals surface area contributed by atoms with E-state index in [1.807, 2.05) is 12.3 Å². The lowest BCUT2D eigenvalue weighted by Gasteiger charge is -2.21. The Labute approximate surface area is 186 Å². The Bertz CT molecular complexity index is 1090. The number of rotatable bonds is 7. The largest absolute Gasteiger partial charge is 0.378 e. The molecule has 1 aliphatic heterocycles. The molecule has 0 radical (unpaired) electrons. The van der Waals surface area contributed by atoms with Crippen LogP contribution in [0.5, 0.6) is 0 Å². The number of nitro groups is 1. The smallest absolute Gasteiger partial charge is 0.271 e. The van der Waals surface area contributed by atoms with Gasteiger partial charge in [-0.25, -0.2) is 9.97 Å². The molecule has 1 unspecified atom stereocenters. The van der Waals surface area contributed by atoms with Gasteiger partial charge in [0, 0.05) is 29.8 Å². The van der Waals surface area contributed by atoms with Crippen LogP contribution in [-0.4, -0.2) is 33.5 Å². The van der Waals surface area contributed by atoms with Crippen LogP contribution >= 0.6 is 22.7 Å². The molecule has 1 aromatic carbocycles. The van der Waals surface area contributed by atoms with Crippen molar-refractivity contribution in [3.63, 3.8) is 0 Å². The van der Waals surface area contributed by atoms with Gasteiger partial charge in [0.15, 0.2) is 10.3 Å². The first-order valence-corrected chi connectivity index (χ1v) is 11.5. The number of aryl methyl sites for hydroxylation is 1. The summed E-state index contributed by atoms with van der Waals surface area (Å²) >= 11 is 2.76. The number of thiazole rings is 2. The Morgan fingerprint density at radius 3 is 2.97 bits per heavy atom. The number of amides is 1. The molecule has 4 rings (SSSR count). The maximum Gasteiger partial charge on any atom is 0.271 e. The van der Waals surface area contributed by atoms with Gasteiger partial charge in [-0.05, 0) is 32.3 Å². The van der Waals surface area contributed by atoms with E-state index in [-0.39, 0.29) is 17.7 Å². The summed E-state index contributed by atoms with van der Waals surface area (Å²) < 4.78 is 5.63. The summed E-state index contributed by atoms with van der Waals surface area (Å²) in [5, 5.41) is 20.0. The Morgan fingerprint density at radius 1 is 1.32 bits per heavy atom. The van der Waals surface area contributed by atoms with E-state index in [0.29, 0.717) is 22.4 Å². The molecule has 1 fully saturated rings. The van der Waals surface area contributed by atoms with E-state index in [4.69, 9.17) is 4.74 Å². The number of aromatic nitrogens is 2. The summed E-state index contributed by atoms with van der Waals surface area (Å²) in [7, 11) is 0. The van der Waals surface area contributed by atoms with Crippen LogP contribution in [0.2, 0.25) is 0 Å². The molecule has 3 heterocycles. The topological polar surface area (TPSA) is 119 Å². The predicted octanol–water partition coefficient (Wildman–Crippen LogP) is 5.12. The third-order valence-corrected chi connectivity index (χ3v) is 6.63. The van der Waals surface area contributed by atoms with Crippen molar-refractivity contribution in [2.75, 3.05) is 17.2 Å². The number of hydrogen-bond acceptors (Lipinski definition) is 9. The normalized spacial score (nSPS) is 16.1. The molecule has 2 aromatic heterocycles. The fourth-order valence-electron chi connectivity index (χ4n) is 3.29. The van der Waals surface area contributed by atoms with E-state index in [1.54, 1.807) is 12.1 Å². The zero-order valence-electron chi connectivity index (χ0n) is 16.8. The first kappa shape index (κ1) is 21.3. The van der Waals surface area contributed by atoms with Gasteiger partial charge in [0.2, 0.25) is 5.91 Å². The van der Waals surface area contributed by atoms with Crippen LogP contribution in [-0.2, 0) is 9.53 Å². The Hall–Kier alpha value is -2.89. The van der Waals surface area contributed by atoms with E-state index in [9.17, 15) is 14.9 Å². The number of carbonyl (C=O) groups is 1. The van der Waals surface area contributed by atoms with Crippen molar-refractivity contribution in [3.8, 4) is 10.6 Å². The van der Waals surface area contributed by atoms with Crippen LogP contribution in [0.25, 0.3) is 10.6 Å². The second-order valence-electron chi connectivity index (χ2n) is 7.14. The van der Waals surface area contributed by atoms with Gasteiger partial charge in [-0.3, -0.25) is 14.9 Å². The zero-order valence-corrected chi connectivity index (χ0v) is 18.4. The van der Waals surface area contributed by atoms with Crippen molar-refractivity contribution < 1.29 is 14.5 Å². The number of ether oxygens (including phenoxy) is 1. The first-order valence-electron chi connectivity index (χ1n) is 9.84. The molecular weight excluding hydrogens is 438 g/mol. The quantitative estimate of drug-likeness (QED) is 0.371. The van der Waals surface area contributed by atoms with Gasteiger partial charge in [-0.2, -0.15) is 0 Å². The molecule has 162 valence electrons. The van der Waals surface area contributed by atoms with Crippen molar-refractivity contribution in [1.29, 1.82) is 0 Å². The average Bonchev–Trinajstić information content (AvgIpc) is 3.35. The van der Waals surface area contributed by atoms with Crippen molar-refractivity contribution >= 4 is 50.2 Å². The lowest BCUT2D eigenvalue weighted by Crippen LogP contribution is -2.25. The molecule has 0 aliphatic carbocycles. The van der Waals surface area contributed by atoms with Crippen molar-refractivity contribution in [2.45, 2.75) is 38.7 Å². The van der Waals surface area contributed by atoms with Crippen molar-refractivity contribution in [3.05, 3.63) is 45.5 Å². The van der Waals surface area contributed by atoms with Crippen LogP contribution in [0.15, 0.2) is 29.6 Å². The van der Waals surface area contributed by atoms with Gasteiger partial charge >= 0.3 is 0 Å². The summed E-state index contributed by atoms with van der Waals surface area (Å²) in [5.41, 5.74) is 2.12. The number of carbonyl (C=O) groups excluding carboxylic acids is 1. The van der Waals surface area contributed by atoms with Gasteiger partial charge in [0.25, 0.3) is 5.69 Å². The fourth-order valence-corrected chi connectivity index (χ4v) is 5.03. The highest BCUT2D eigenvalue weighted by molar-refractivity contribution is 7.20. The third kappa shape index (κ3) is 5.43. The van der Waals surface area contributed by atoms with Crippen molar-refractivity contribution in [1.82, 2.24) is 9.97 Å². The zero-order chi connectivity index (χ0) is 21.8. The maximum absolute atomic E-state index is 12.3. The lowest BCUT2D eigenvalue weighted by atomic mass is 10.1. The molecule has 1 atom stereocenters. The molecular formula is C20H21N5O4S2. The number of anilines is 3. The molecule has 0 spiro atoms. The monoisotopic (exact) mass is 459 g/mol. The lowest BCUT2D eigenvalue weighted by molar-refractivity contribution is -0.384. The molecule has 9 nitrogen and oxygen atoms in total. The van der Waals surface area contributed by atoms with Crippen LogP contribution in [0, 0.1) is 17.0 Å². The number of non-ortho nitro benzene ring substituents is 1. The van der Waals surface area contributed by atoms with Crippen LogP contribution in [0.1, 0.15) is 31.4 Å².